The molecule has 0 saturated carbocycles. The van der Waals surface area contributed by atoms with Crippen molar-refractivity contribution in [1.82, 2.24) is 0 Å². The molecule has 0 aromatic heterocycles. The van der Waals surface area contributed by atoms with Gasteiger partial charge < -0.3 is 110 Å². The van der Waals surface area contributed by atoms with Gasteiger partial charge >= 0.3 is 0 Å². The zero-order valence-corrected chi connectivity index (χ0v) is 28.8. The first-order valence-electron chi connectivity index (χ1n) is 16.9. The highest BCUT2D eigenvalue weighted by atomic mass is 32.2. The lowest BCUT2D eigenvalue weighted by Crippen LogP contribution is -2.68. The Bertz CT molecular complexity index is 1040. The molecule has 23 heteroatoms. The summed E-state index contributed by atoms with van der Waals surface area (Å²) in [5, 5.41) is 135. The highest BCUT2D eigenvalue weighted by molar-refractivity contribution is 7.99. The van der Waals surface area contributed by atoms with Gasteiger partial charge in [-0.15, -0.1) is 0 Å². The average Bonchev–Trinajstić information content (AvgIpc) is 3.14. The van der Waals surface area contributed by atoms with Crippen LogP contribution < -0.4 is 5.73 Å². The molecule has 20 atom stereocenters. The molecule has 306 valence electrons. The fourth-order valence-corrected chi connectivity index (χ4v) is 6.84. The summed E-state index contributed by atoms with van der Waals surface area (Å²) >= 11 is 1.56. The van der Waals surface area contributed by atoms with Gasteiger partial charge in [-0.2, -0.15) is 11.8 Å². The van der Waals surface area contributed by atoms with Crippen LogP contribution in [0.25, 0.3) is 0 Å². The molecule has 15 N–H and O–H groups in total. The van der Waals surface area contributed by atoms with Crippen LogP contribution in [0, 0.1) is 0 Å². The van der Waals surface area contributed by atoms with Gasteiger partial charge in [-0.05, 0) is 12.2 Å². The van der Waals surface area contributed by atoms with Gasteiger partial charge in [0.1, 0.15) is 97.7 Å². The Labute approximate surface area is 302 Å². The zero-order chi connectivity index (χ0) is 38.3. The van der Waals surface area contributed by atoms with Crippen LogP contribution in [-0.2, 0) is 37.9 Å². The molecule has 4 fully saturated rings. The van der Waals surface area contributed by atoms with E-state index >= 15 is 0 Å². The van der Waals surface area contributed by atoms with Crippen LogP contribution in [0.5, 0.6) is 0 Å². The molecule has 0 aromatic carbocycles. The molecule has 8 unspecified atom stereocenters. The van der Waals surface area contributed by atoms with Gasteiger partial charge in [-0.3, -0.25) is 0 Å². The zero-order valence-electron chi connectivity index (χ0n) is 28.0. The third-order valence-electron chi connectivity index (χ3n) is 9.17. The number of aliphatic hydroxyl groups excluding tert-OH is 13. The van der Waals surface area contributed by atoms with Crippen molar-refractivity contribution in [2.24, 2.45) is 5.73 Å². The fraction of sp³-hybridized carbons (Fsp3) is 1.00. The average molecular weight is 784 g/mol. The molecular weight excluding hydrogens is 730 g/mol. The molecule has 22 nitrogen and oxygen atoms in total. The Kier molecular flexibility index (Phi) is 17.5. The molecular formula is C29H53NO21S. The van der Waals surface area contributed by atoms with Crippen LogP contribution in [0.2, 0.25) is 0 Å². The number of nitrogens with two attached hydrogens (primary N) is 1. The molecule has 4 aliphatic heterocycles. The van der Waals surface area contributed by atoms with Gasteiger partial charge in [-0.25, -0.2) is 0 Å². The summed E-state index contributed by atoms with van der Waals surface area (Å²) in [5.41, 5.74) is 5.51. The highest BCUT2D eigenvalue weighted by Crippen LogP contribution is 2.35. The van der Waals surface area contributed by atoms with Gasteiger partial charge in [0.15, 0.2) is 25.2 Å². The lowest BCUT2D eigenvalue weighted by Gasteiger charge is -2.49. The summed E-state index contributed by atoms with van der Waals surface area (Å²) in [6, 6.07) is 0. The second-order valence-corrected chi connectivity index (χ2v) is 14.0. The lowest BCUT2D eigenvalue weighted by atomic mass is 9.96. The fourth-order valence-electron chi connectivity index (χ4n) is 6.15. The summed E-state index contributed by atoms with van der Waals surface area (Å²) < 4.78 is 45.7. The molecule has 0 aromatic rings. The van der Waals surface area contributed by atoms with E-state index in [1.807, 2.05) is 0 Å². The molecule has 4 heterocycles. The van der Waals surface area contributed by atoms with Crippen LogP contribution in [0.4, 0.5) is 0 Å². The maximum Gasteiger partial charge on any atom is 0.187 e. The number of hydrogen-bond donors (Lipinski definition) is 14. The van der Waals surface area contributed by atoms with E-state index in [-0.39, 0.29) is 6.61 Å². The second kappa shape index (κ2) is 20.6. The van der Waals surface area contributed by atoms with E-state index in [9.17, 15) is 66.4 Å². The smallest absolute Gasteiger partial charge is 0.187 e. The van der Waals surface area contributed by atoms with Gasteiger partial charge in [0.2, 0.25) is 0 Å². The first-order valence-corrected chi connectivity index (χ1v) is 18.0. The summed E-state index contributed by atoms with van der Waals surface area (Å²) in [6.45, 7) is -2.75. The number of aliphatic hydroxyl groups is 13. The Morgan fingerprint density at radius 3 is 1.23 bits per heavy atom. The van der Waals surface area contributed by atoms with Crippen LogP contribution >= 0.6 is 11.8 Å². The number of rotatable bonds is 17. The van der Waals surface area contributed by atoms with Crippen molar-refractivity contribution < 1.29 is 104 Å². The molecule has 0 spiro atoms. The van der Waals surface area contributed by atoms with E-state index in [0.29, 0.717) is 24.5 Å². The topological polar surface area (TPSA) is 363 Å². The summed E-state index contributed by atoms with van der Waals surface area (Å²) in [5.74, 6) is 1.36. The van der Waals surface area contributed by atoms with E-state index in [1.165, 1.54) is 0 Å². The maximum absolute atomic E-state index is 11.2. The Balaban J connectivity index is 1.60. The van der Waals surface area contributed by atoms with Crippen LogP contribution in [0.1, 0.15) is 6.42 Å². The maximum atomic E-state index is 11.2. The van der Waals surface area contributed by atoms with Gasteiger partial charge in [0.05, 0.1) is 33.0 Å². The van der Waals surface area contributed by atoms with Gasteiger partial charge in [0, 0.05) is 12.3 Å². The first kappa shape index (κ1) is 44.2. The van der Waals surface area contributed by atoms with Gasteiger partial charge in [-0.1, -0.05) is 0 Å². The summed E-state index contributed by atoms with van der Waals surface area (Å²) in [6.07, 6.45) is -34.8. The number of ether oxygens (including phenoxy) is 8. The third-order valence-corrected chi connectivity index (χ3v) is 10.3. The number of thioether (sulfide) groups is 1. The highest BCUT2D eigenvalue weighted by Gasteiger charge is 2.56. The molecule has 0 amide bonds. The molecule has 4 rings (SSSR count). The third kappa shape index (κ3) is 10.1. The minimum Gasteiger partial charge on any atom is -0.394 e. The molecule has 52 heavy (non-hydrogen) atoms. The quantitative estimate of drug-likeness (QED) is 0.0609. The van der Waals surface area contributed by atoms with Crippen LogP contribution in [0.15, 0.2) is 0 Å². The summed E-state index contributed by atoms with van der Waals surface area (Å²) in [7, 11) is 0. The van der Waals surface area contributed by atoms with Crippen LogP contribution in [0.3, 0.4) is 0 Å². The minimum atomic E-state index is -2.00. The predicted molar refractivity (Wildman–Crippen MR) is 169 cm³/mol. The standard InChI is InChI=1S/C29H53NO21S/c30-2-5-52-4-1-3-44-27-23(19(40)15(36)11(7-32)46-27)50-29-25(21(42)17(38)13(9-34)48-29)51-28-24(20(41)16(37)12(8-33)47-28)49-26-22(43)18(39)14(35)10(6-31)45-26/h10-29,31-43H,1-9,30H2/t10?,11?,12?,13?,14-,15-,16-,17-,18-,19-,20-,21-,22?,23?,24?,25?,26-,27+,28-,29-/m0/s1. The molecule has 0 radical (unpaired) electrons. The predicted octanol–water partition coefficient (Wildman–Crippen LogP) is -8.64. The van der Waals surface area contributed by atoms with Crippen LogP contribution in [-0.4, -0.2) is 240 Å². The molecule has 0 bridgehead atoms. The lowest BCUT2D eigenvalue weighted by molar-refractivity contribution is -0.406. The second-order valence-electron chi connectivity index (χ2n) is 12.7. The van der Waals surface area contributed by atoms with Crippen molar-refractivity contribution in [3.8, 4) is 0 Å². The van der Waals surface area contributed by atoms with E-state index in [0.717, 1.165) is 0 Å². The monoisotopic (exact) mass is 783 g/mol. The van der Waals surface area contributed by atoms with E-state index in [2.05, 4.69) is 0 Å². The van der Waals surface area contributed by atoms with Gasteiger partial charge in [0.25, 0.3) is 0 Å². The number of hydrogen-bond acceptors (Lipinski definition) is 23. The van der Waals surface area contributed by atoms with E-state index < -0.39 is 149 Å². The largest absolute Gasteiger partial charge is 0.394 e. The molecule has 4 aliphatic rings. The van der Waals surface area contributed by atoms with E-state index in [4.69, 9.17) is 43.6 Å². The normalized spacial score (nSPS) is 47.4. The SMILES string of the molecule is NCCSCCCO[C@@H]1OC(CO)[C@H](O)[C@H](O)C1O[C@@H]1OC(CO)[C@H](O)[C@H](O)C1O[C@@H]1OC(CO)[C@H](O)[C@H](O)C1O[C@@H]1OC(CO)[C@H](O)[C@H](O)C1O. The Hall–Kier alpha value is -0.530. The van der Waals surface area contributed by atoms with Crippen molar-refractivity contribution in [2.45, 2.75) is 129 Å². The van der Waals surface area contributed by atoms with Crippen molar-refractivity contribution in [3.05, 3.63) is 0 Å². The van der Waals surface area contributed by atoms with Crippen molar-refractivity contribution in [1.29, 1.82) is 0 Å². The first-order chi connectivity index (χ1) is 24.8. The molecule has 4 saturated heterocycles. The minimum absolute atomic E-state index is 0.0603. The van der Waals surface area contributed by atoms with Crippen molar-refractivity contribution in [3.63, 3.8) is 0 Å². The van der Waals surface area contributed by atoms with E-state index in [1.54, 1.807) is 11.8 Å². The Morgan fingerprint density at radius 1 is 0.442 bits per heavy atom. The summed E-state index contributed by atoms with van der Waals surface area (Å²) in [4.78, 5) is 0. The van der Waals surface area contributed by atoms with Crippen molar-refractivity contribution in [2.75, 3.05) is 51.1 Å². The molecule has 0 aliphatic carbocycles. The Morgan fingerprint density at radius 2 is 0.808 bits per heavy atom. The van der Waals surface area contributed by atoms with Crippen molar-refractivity contribution >= 4 is 11.8 Å².